The van der Waals surface area contributed by atoms with E-state index in [1.54, 1.807) is 0 Å². The Morgan fingerprint density at radius 1 is 0.786 bits per heavy atom. The van der Waals surface area contributed by atoms with Crippen LogP contribution in [0, 0.1) is 11.8 Å². The Kier molecular flexibility index (Phi) is 7.20. The third-order valence-corrected chi connectivity index (χ3v) is 3.35. The summed E-state index contributed by atoms with van der Waals surface area (Å²) in [6.07, 6.45) is 2.87. The zero-order valence-corrected chi connectivity index (χ0v) is 10.0. The number of aliphatic hydroxyl groups is 2. The summed E-state index contributed by atoms with van der Waals surface area (Å²) in [4.78, 5) is 0. The predicted molar refractivity (Wildman–Crippen MR) is 60.2 cm³/mol. The van der Waals surface area contributed by atoms with Gasteiger partial charge in [-0.2, -0.15) is 0 Å². The van der Waals surface area contributed by atoms with E-state index in [9.17, 15) is 10.2 Å². The third kappa shape index (κ3) is 3.58. The van der Waals surface area contributed by atoms with Crippen LogP contribution in [-0.4, -0.2) is 22.4 Å². The zero-order chi connectivity index (χ0) is 11.1. The maximum absolute atomic E-state index is 10.1. The van der Waals surface area contributed by atoms with Crippen LogP contribution in [-0.2, 0) is 0 Å². The standard InChI is InChI=1S/C12H26O2/c1-5-9(6-2)12(14)10(7-3)11(13)8-4/h9-14H,5-8H2,1-4H3. The van der Waals surface area contributed by atoms with E-state index < -0.39 is 0 Å². The minimum Gasteiger partial charge on any atom is -0.393 e. The predicted octanol–water partition coefficient (Wildman–Crippen LogP) is 2.58. The molecule has 0 aromatic rings. The van der Waals surface area contributed by atoms with E-state index in [0.717, 1.165) is 25.7 Å². The van der Waals surface area contributed by atoms with Gasteiger partial charge in [0.15, 0.2) is 0 Å². The van der Waals surface area contributed by atoms with Crippen LogP contribution in [0.5, 0.6) is 0 Å². The third-order valence-electron chi connectivity index (χ3n) is 3.35. The molecule has 0 saturated carbocycles. The van der Waals surface area contributed by atoms with Gasteiger partial charge < -0.3 is 10.2 Å². The van der Waals surface area contributed by atoms with Crippen molar-refractivity contribution in [2.75, 3.05) is 0 Å². The second-order valence-electron chi connectivity index (χ2n) is 4.11. The molecular weight excluding hydrogens is 176 g/mol. The van der Waals surface area contributed by atoms with Gasteiger partial charge in [0.2, 0.25) is 0 Å². The highest BCUT2D eigenvalue weighted by Crippen LogP contribution is 2.25. The minimum absolute atomic E-state index is 0.0462. The number of hydrogen-bond acceptors (Lipinski definition) is 2. The molecule has 86 valence electrons. The van der Waals surface area contributed by atoms with Gasteiger partial charge in [0.25, 0.3) is 0 Å². The van der Waals surface area contributed by atoms with Gasteiger partial charge in [-0.05, 0) is 18.8 Å². The second kappa shape index (κ2) is 7.24. The van der Waals surface area contributed by atoms with Crippen LogP contribution < -0.4 is 0 Å². The monoisotopic (exact) mass is 202 g/mol. The molecular formula is C12H26O2. The van der Waals surface area contributed by atoms with Crippen LogP contribution in [0.3, 0.4) is 0 Å². The summed E-state index contributed by atoms with van der Waals surface area (Å²) in [6, 6.07) is 0. The summed E-state index contributed by atoms with van der Waals surface area (Å²) in [5.41, 5.74) is 0. The highest BCUT2D eigenvalue weighted by molar-refractivity contribution is 4.79. The Morgan fingerprint density at radius 3 is 1.57 bits per heavy atom. The molecule has 3 atom stereocenters. The maximum atomic E-state index is 10.1. The fourth-order valence-electron chi connectivity index (χ4n) is 2.17. The van der Waals surface area contributed by atoms with E-state index in [4.69, 9.17) is 0 Å². The van der Waals surface area contributed by atoms with E-state index in [1.807, 2.05) is 13.8 Å². The van der Waals surface area contributed by atoms with Crippen LogP contribution in [0.2, 0.25) is 0 Å². The van der Waals surface area contributed by atoms with Crippen molar-refractivity contribution >= 4 is 0 Å². The SMILES string of the molecule is CCC(O)C(CC)C(O)C(CC)CC. The summed E-state index contributed by atoms with van der Waals surface area (Å²) >= 11 is 0. The van der Waals surface area contributed by atoms with Crippen LogP contribution in [0.15, 0.2) is 0 Å². The Balaban J connectivity index is 4.34. The molecule has 0 bridgehead atoms. The molecule has 0 fully saturated rings. The first-order valence-corrected chi connectivity index (χ1v) is 5.98. The molecule has 0 amide bonds. The van der Waals surface area contributed by atoms with Crippen LogP contribution >= 0.6 is 0 Å². The summed E-state index contributed by atoms with van der Waals surface area (Å²) in [7, 11) is 0. The van der Waals surface area contributed by atoms with Gasteiger partial charge in [-0.3, -0.25) is 0 Å². The second-order valence-corrected chi connectivity index (χ2v) is 4.11. The summed E-state index contributed by atoms with van der Waals surface area (Å²) < 4.78 is 0. The number of aliphatic hydroxyl groups excluding tert-OH is 2. The van der Waals surface area contributed by atoms with E-state index >= 15 is 0 Å². The lowest BCUT2D eigenvalue weighted by Crippen LogP contribution is -2.36. The Morgan fingerprint density at radius 2 is 1.29 bits per heavy atom. The highest BCUT2D eigenvalue weighted by Gasteiger charge is 2.28. The van der Waals surface area contributed by atoms with Crippen LogP contribution in [0.4, 0.5) is 0 Å². The normalized spacial score (nSPS) is 18.2. The van der Waals surface area contributed by atoms with Gasteiger partial charge in [-0.25, -0.2) is 0 Å². The van der Waals surface area contributed by atoms with Crippen molar-refractivity contribution in [1.29, 1.82) is 0 Å². The largest absolute Gasteiger partial charge is 0.393 e. The minimum atomic E-state index is -0.351. The van der Waals surface area contributed by atoms with Gasteiger partial charge in [0.1, 0.15) is 0 Å². The quantitative estimate of drug-likeness (QED) is 0.666. The molecule has 2 heteroatoms. The lowest BCUT2D eigenvalue weighted by atomic mass is 9.82. The zero-order valence-electron chi connectivity index (χ0n) is 10.0. The Bertz CT molecular complexity index is 132. The maximum Gasteiger partial charge on any atom is 0.0620 e. The molecule has 0 saturated heterocycles. The molecule has 2 N–H and O–H groups in total. The molecule has 0 aliphatic rings. The summed E-state index contributed by atoms with van der Waals surface area (Å²) in [5.74, 6) is 0.381. The average Bonchev–Trinajstić information content (AvgIpc) is 2.20. The van der Waals surface area contributed by atoms with E-state index in [0.29, 0.717) is 5.92 Å². The Labute approximate surface area is 88.3 Å². The number of rotatable bonds is 7. The molecule has 0 radical (unpaired) electrons. The lowest BCUT2D eigenvalue weighted by molar-refractivity contribution is -0.0237. The lowest BCUT2D eigenvalue weighted by Gasteiger charge is -2.31. The van der Waals surface area contributed by atoms with Gasteiger partial charge in [0, 0.05) is 5.92 Å². The van der Waals surface area contributed by atoms with Gasteiger partial charge >= 0.3 is 0 Å². The van der Waals surface area contributed by atoms with Gasteiger partial charge in [-0.15, -0.1) is 0 Å². The van der Waals surface area contributed by atoms with Crippen molar-refractivity contribution in [2.45, 2.75) is 65.6 Å². The summed E-state index contributed by atoms with van der Waals surface area (Å²) in [5, 5.41) is 19.9. The molecule has 0 aromatic heterocycles. The molecule has 0 heterocycles. The molecule has 2 nitrogen and oxygen atoms in total. The van der Waals surface area contributed by atoms with Crippen molar-refractivity contribution in [3.05, 3.63) is 0 Å². The van der Waals surface area contributed by atoms with Crippen molar-refractivity contribution < 1.29 is 10.2 Å². The molecule has 0 aliphatic heterocycles. The summed E-state index contributed by atoms with van der Waals surface area (Å²) in [6.45, 7) is 8.20. The molecule has 3 unspecified atom stereocenters. The van der Waals surface area contributed by atoms with E-state index in [1.165, 1.54) is 0 Å². The fraction of sp³-hybridized carbons (Fsp3) is 1.00. The first-order chi connectivity index (χ1) is 6.62. The first kappa shape index (κ1) is 13.9. The molecule has 14 heavy (non-hydrogen) atoms. The average molecular weight is 202 g/mol. The number of hydrogen-bond donors (Lipinski definition) is 2. The molecule has 0 aliphatic carbocycles. The van der Waals surface area contributed by atoms with Crippen molar-refractivity contribution in [3.63, 3.8) is 0 Å². The van der Waals surface area contributed by atoms with E-state index in [2.05, 4.69) is 13.8 Å². The van der Waals surface area contributed by atoms with Crippen LogP contribution in [0.25, 0.3) is 0 Å². The van der Waals surface area contributed by atoms with Crippen molar-refractivity contribution in [2.24, 2.45) is 11.8 Å². The highest BCUT2D eigenvalue weighted by atomic mass is 16.3. The van der Waals surface area contributed by atoms with E-state index in [-0.39, 0.29) is 18.1 Å². The fourth-order valence-corrected chi connectivity index (χ4v) is 2.17. The van der Waals surface area contributed by atoms with Gasteiger partial charge in [-0.1, -0.05) is 40.5 Å². The van der Waals surface area contributed by atoms with Crippen LogP contribution in [0.1, 0.15) is 53.4 Å². The van der Waals surface area contributed by atoms with Crippen molar-refractivity contribution in [3.8, 4) is 0 Å². The Hall–Kier alpha value is -0.0800. The topological polar surface area (TPSA) is 40.5 Å². The first-order valence-electron chi connectivity index (χ1n) is 5.98. The van der Waals surface area contributed by atoms with Gasteiger partial charge in [0.05, 0.1) is 12.2 Å². The molecule has 0 spiro atoms. The molecule has 0 rings (SSSR count). The molecule has 0 aromatic carbocycles. The smallest absolute Gasteiger partial charge is 0.0620 e. The van der Waals surface area contributed by atoms with Crippen molar-refractivity contribution in [1.82, 2.24) is 0 Å².